The Bertz CT molecular complexity index is 559. The van der Waals surface area contributed by atoms with Crippen LogP contribution in [0.15, 0.2) is 15.9 Å². The number of carboxylic acid groups (broad SMARTS) is 1. The zero-order chi connectivity index (χ0) is 16.9. The van der Waals surface area contributed by atoms with Crippen LogP contribution in [0.25, 0.3) is 0 Å². The van der Waals surface area contributed by atoms with Gasteiger partial charge in [-0.15, -0.1) is 11.3 Å². The van der Waals surface area contributed by atoms with Gasteiger partial charge in [-0.05, 0) is 47.3 Å². The van der Waals surface area contributed by atoms with Gasteiger partial charge in [0, 0.05) is 0 Å². The number of thiophene rings is 1. The lowest BCUT2D eigenvalue weighted by atomic mass is 10.0. The molecule has 1 rings (SSSR count). The molecule has 0 saturated heterocycles. The third kappa shape index (κ3) is 5.76. The molecule has 0 aliphatic carbocycles. The summed E-state index contributed by atoms with van der Waals surface area (Å²) in [6.07, 6.45) is 0.333. The van der Waals surface area contributed by atoms with Crippen LogP contribution < -0.4 is 10.6 Å². The van der Waals surface area contributed by atoms with Crippen molar-refractivity contribution < 1.29 is 19.5 Å². The zero-order valence-corrected chi connectivity index (χ0v) is 15.0. The van der Waals surface area contributed by atoms with Crippen LogP contribution in [-0.2, 0) is 9.59 Å². The van der Waals surface area contributed by atoms with Crippen molar-refractivity contribution in [1.29, 1.82) is 0 Å². The van der Waals surface area contributed by atoms with Crippen LogP contribution in [0.1, 0.15) is 36.9 Å². The highest BCUT2D eigenvalue weighted by Gasteiger charge is 2.25. The summed E-state index contributed by atoms with van der Waals surface area (Å²) in [7, 11) is 0. The first-order chi connectivity index (χ1) is 10.2. The van der Waals surface area contributed by atoms with Crippen molar-refractivity contribution >= 4 is 45.1 Å². The van der Waals surface area contributed by atoms with E-state index in [0.717, 1.165) is 3.79 Å². The average molecular weight is 391 g/mol. The molecule has 0 aliphatic rings. The maximum Gasteiger partial charge on any atom is 0.326 e. The minimum absolute atomic E-state index is 0.134. The van der Waals surface area contributed by atoms with Crippen LogP contribution in [0.5, 0.6) is 0 Å². The SMILES string of the molecule is CC(C)C[C@H](NC(=O)C(C)NC(=O)c1ccc(Br)s1)C(=O)O. The molecule has 3 N–H and O–H groups in total. The molecule has 0 aliphatic heterocycles. The van der Waals surface area contributed by atoms with E-state index in [1.165, 1.54) is 18.3 Å². The first kappa shape index (κ1) is 18.6. The summed E-state index contributed by atoms with van der Waals surface area (Å²) < 4.78 is 0.817. The smallest absolute Gasteiger partial charge is 0.326 e. The number of nitrogens with one attached hydrogen (secondary N) is 2. The molecule has 8 heteroatoms. The van der Waals surface area contributed by atoms with E-state index in [4.69, 9.17) is 5.11 Å². The lowest BCUT2D eigenvalue weighted by Crippen LogP contribution is -2.50. The summed E-state index contributed by atoms with van der Waals surface area (Å²) in [5.41, 5.74) is 0. The Kier molecular flexibility index (Phi) is 7.02. The van der Waals surface area contributed by atoms with Crippen LogP contribution >= 0.6 is 27.3 Å². The second kappa shape index (κ2) is 8.28. The molecule has 2 amide bonds. The van der Waals surface area contributed by atoms with Gasteiger partial charge in [-0.1, -0.05) is 13.8 Å². The summed E-state index contributed by atoms with van der Waals surface area (Å²) in [5.74, 6) is -1.83. The molecule has 0 aromatic carbocycles. The minimum Gasteiger partial charge on any atom is -0.480 e. The number of amides is 2. The molecule has 0 bridgehead atoms. The Hall–Kier alpha value is -1.41. The van der Waals surface area contributed by atoms with E-state index in [9.17, 15) is 14.4 Å². The molecule has 1 unspecified atom stereocenters. The first-order valence-corrected chi connectivity index (χ1v) is 8.41. The Labute approximate surface area is 141 Å². The number of aliphatic carboxylic acids is 1. The molecule has 0 spiro atoms. The molecule has 0 saturated carbocycles. The quantitative estimate of drug-likeness (QED) is 0.664. The van der Waals surface area contributed by atoms with E-state index in [-0.39, 0.29) is 11.8 Å². The molecule has 1 aromatic heterocycles. The summed E-state index contributed by atoms with van der Waals surface area (Å²) in [4.78, 5) is 35.6. The maximum absolute atomic E-state index is 12.0. The monoisotopic (exact) mass is 390 g/mol. The van der Waals surface area contributed by atoms with Gasteiger partial charge >= 0.3 is 5.97 Å². The van der Waals surface area contributed by atoms with Gasteiger partial charge < -0.3 is 15.7 Å². The Balaban J connectivity index is 2.60. The largest absolute Gasteiger partial charge is 0.480 e. The van der Waals surface area contributed by atoms with E-state index >= 15 is 0 Å². The second-order valence-corrected chi connectivity index (χ2v) is 7.79. The molecule has 2 atom stereocenters. The molecule has 1 heterocycles. The molecule has 0 fully saturated rings. The number of carbonyl (C=O) groups is 3. The number of hydrogen-bond donors (Lipinski definition) is 3. The summed E-state index contributed by atoms with van der Waals surface area (Å²) >= 11 is 4.52. The van der Waals surface area contributed by atoms with Gasteiger partial charge in [-0.3, -0.25) is 9.59 Å². The fourth-order valence-electron chi connectivity index (χ4n) is 1.76. The van der Waals surface area contributed by atoms with Crippen LogP contribution in [0.3, 0.4) is 0 Å². The average Bonchev–Trinajstić information content (AvgIpc) is 2.83. The van der Waals surface area contributed by atoms with Gasteiger partial charge in [-0.25, -0.2) is 4.79 Å². The van der Waals surface area contributed by atoms with E-state index in [0.29, 0.717) is 11.3 Å². The third-order valence-electron chi connectivity index (χ3n) is 2.86. The normalized spacial score (nSPS) is 13.5. The Morgan fingerprint density at radius 1 is 1.23 bits per heavy atom. The number of halogens is 1. The van der Waals surface area contributed by atoms with Crippen molar-refractivity contribution in [3.63, 3.8) is 0 Å². The first-order valence-electron chi connectivity index (χ1n) is 6.80. The second-order valence-electron chi connectivity index (χ2n) is 5.33. The predicted molar refractivity (Wildman–Crippen MR) is 88.0 cm³/mol. The van der Waals surface area contributed by atoms with Crippen molar-refractivity contribution in [2.75, 3.05) is 0 Å². The molecular weight excluding hydrogens is 372 g/mol. The highest BCUT2D eigenvalue weighted by atomic mass is 79.9. The topological polar surface area (TPSA) is 95.5 Å². The third-order valence-corrected chi connectivity index (χ3v) is 4.48. The molecule has 1 aromatic rings. The number of rotatable bonds is 7. The highest BCUT2D eigenvalue weighted by molar-refractivity contribution is 9.11. The van der Waals surface area contributed by atoms with Gasteiger partial charge in [0.05, 0.1) is 8.66 Å². The molecule has 122 valence electrons. The van der Waals surface area contributed by atoms with Crippen molar-refractivity contribution in [3.8, 4) is 0 Å². The summed E-state index contributed by atoms with van der Waals surface area (Å²) in [6, 6.07) is 1.62. The number of hydrogen-bond acceptors (Lipinski definition) is 4. The standard InChI is InChI=1S/C14H19BrN2O4S/c1-7(2)6-9(14(20)21)17-12(18)8(3)16-13(19)10-4-5-11(15)22-10/h4-5,7-9H,6H2,1-3H3,(H,16,19)(H,17,18)(H,20,21)/t8?,9-/m0/s1. The highest BCUT2D eigenvalue weighted by Crippen LogP contribution is 2.21. The van der Waals surface area contributed by atoms with Crippen molar-refractivity contribution in [1.82, 2.24) is 10.6 Å². The summed E-state index contributed by atoms with van der Waals surface area (Å²) in [6.45, 7) is 5.27. The van der Waals surface area contributed by atoms with Gasteiger partial charge in [-0.2, -0.15) is 0 Å². The van der Waals surface area contributed by atoms with Crippen molar-refractivity contribution in [2.45, 2.75) is 39.3 Å². The van der Waals surface area contributed by atoms with Gasteiger partial charge in [0.2, 0.25) is 5.91 Å². The Morgan fingerprint density at radius 3 is 2.32 bits per heavy atom. The van der Waals surface area contributed by atoms with E-state index < -0.39 is 24.0 Å². The van der Waals surface area contributed by atoms with Gasteiger partial charge in [0.15, 0.2) is 0 Å². The van der Waals surface area contributed by atoms with Crippen LogP contribution in [0.4, 0.5) is 0 Å². The molecule has 0 radical (unpaired) electrons. The summed E-state index contributed by atoms with van der Waals surface area (Å²) in [5, 5.41) is 14.1. The lowest BCUT2D eigenvalue weighted by Gasteiger charge is -2.19. The predicted octanol–water partition coefficient (Wildman–Crippen LogP) is 2.24. The van der Waals surface area contributed by atoms with Crippen LogP contribution in [0.2, 0.25) is 0 Å². The van der Waals surface area contributed by atoms with Crippen molar-refractivity contribution in [2.24, 2.45) is 5.92 Å². The van der Waals surface area contributed by atoms with Gasteiger partial charge in [0.25, 0.3) is 5.91 Å². The lowest BCUT2D eigenvalue weighted by molar-refractivity contribution is -0.142. The number of carboxylic acids is 1. The van der Waals surface area contributed by atoms with E-state index in [1.807, 2.05) is 13.8 Å². The number of carbonyl (C=O) groups excluding carboxylic acids is 2. The zero-order valence-electron chi connectivity index (χ0n) is 12.6. The fraction of sp³-hybridized carbons (Fsp3) is 0.500. The van der Waals surface area contributed by atoms with Crippen LogP contribution in [0, 0.1) is 5.92 Å². The minimum atomic E-state index is -1.08. The van der Waals surface area contributed by atoms with Crippen LogP contribution in [-0.4, -0.2) is 35.0 Å². The van der Waals surface area contributed by atoms with E-state index in [1.54, 1.807) is 12.1 Å². The van der Waals surface area contributed by atoms with Gasteiger partial charge in [0.1, 0.15) is 12.1 Å². The fourth-order valence-corrected chi connectivity index (χ4v) is 3.05. The molecule has 22 heavy (non-hydrogen) atoms. The maximum atomic E-state index is 12.0. The van der Waals surface area contributed by atoms with E-state index in [2.05, 4.69) is 26.6 Å². The molecular formula is C14H19BrN2O4S. The van der Waals surface area contributed by atoms with Crippen molar-refractivity contribution in [3.05, 3.63) is 20.8 Å². The molecule has 6 nitrogen and oxygen atoms in total. The Morgan fingerprint density at radius 2 is 1.86 bits per heavy atom.